The molecule has 0 amide bonds. The van der Waals surface area contributed by atoms with E-state index in [0.29, 0.717) is 0 Å². The topological polar surface area (TPSA) is 3.24 Å². The van der Waals surface area contributed by atoms with E-state index in [1.807, 2.05) is 0 Å². The minimum Gasteiger partial charge on any atom is -0.310 e. The van der Waals surface area contributed by atoms with Gasteiger partial charge in [-0.3, -0.25) is 0 Å². The van der Waals surface area contributed by atoms with E-state index in [1.165, 1.54) is 88.7 Å². The molecule has 0 aromatic heterocycles. The summed E-state index contributed by atoms with van der Waals surface area (Å²) >= 11 is 0. The Bertz CT molecular complexity index is 3050. The number of hydrogen-bond donors (Lipinski definition) is 0. The zero-order valence-electron chi connectivity index (χ0n) is 32.0. The van der Waals surface area contributed by atoms with Crippen molar-refractivity contribution < 1.29 is 0 Å². The van der Waals surface area contributed by atoms with Crippen molar-refractivity contribution in [1.29, 1.82) is 0 Å². The van der Waals surface area contributed by atoms with Crippen molar-refractivity contribution in [2.24, 2.45) is 0 Å². The van der Waals surface area contributed by atoms with Gasteiger partial charge in [0.05, 0.1) is 5.41 Å². The molecule has 0 N–H and O–H groups in total. The summed E-state index contributed by atoms with van der Waals surface area (Å²) in [6.07, 6.45) is 0. The Balaban J connectivity index is 1.10. The molecule has 0 atom stereocenters. The number of benzene rings is 9. The molecule has 3 aliphatic rings. The molecule has 1 heteroatoms. The zero-order chi connectivity index (χ0) is 37.9. The number of nitrogens with zero attached hydrogens (tertiary/aromatic N) is 1. The van der Waals surface area contributed by atoms with Gasteiger partial charge in [0.2, 0.25) is 0 Å². The third-order valence-electron chi connectivity index (χ3n) is 13.3. The van der Waals surface area contributed by atoms with E-state index in [0.717, 1.165) is 17.1 Å². The van der Waals surface area contributed by atoms with Crippen LogP contribution in [0.25, 0.3) is 55.3 Å². The standard InChI is InChI=1S/C56H39N/c1-55(2)49-20-10-6-16-43(49)47-30-28-41(34-53(47)55)57(40-27-26-38-32-37(24-25-39(38)33-40)36-14-4-3-5-15-36)42-29-31-48-46-19-9-13-23-52(46)56(54(48)35-42)50-21-11-7-17-44(50)45-18-8-12-22-51(45)56/h3-35H,1-2H3. The minimum absolute atomic E-state index is 0.119. The molecular formula is C56H39N. The molecule has 9 aromatic carbocycles. The fourth-order valence-corrected chi connectivity index (χ4v) is 10.7. The van der Waals surface area contributed by atoms with Gasteiger partial charge in [-0.05, 0) is 131 Å². The van der Waals surface area contributed by atoms with Crippen molar-refractivity contribution in [3.05, 3.63) is 234 Å². The van der Waals surface area contributed by atoms with E-state index in [-0.39, 0.29) is 5.41 Å². The van der Waals surface area contributed by atoms with Crippen molar-refractivity contribution >= 4 is 27.8 Å². The highest BCUT2D eigenvalue weighted by atomic mass is 15.1. The zero-order valence-corrected chi connectivity index (χ0v) is 32.0. The van der Waals surface area contributed by atoms with Crippen molar-refractivity contribution in [3.63, 3.8) is 0 Å². The third-order valence-corrected chi connectivity index (χ3v) is 13.3. The van der Waals surface area contributed by atoms with Crippen LogP contribution in [0.1, 0.15) is 47.2 Å². The average Bonchev–Trinajstić information content (AvgIpc) is 3.82. The van der Waals surface area contributed by atoms with Gasteiger partial charge < -0.3 is 4.90 Å². The van der Waals surface area contributed by atoms with Gasteiger partial charge in [-0.25, -0.2) is 0 Å². The molecule has 1 nitrogen and oxygen atoms in total. The van der Waals surface area contributed by atoms with E-state index in [4.69, 9.17) is 0 Å². The van der Waals surface area contributed by atoms with Crippen molar-refractivity contribution in [3.8, 4) is 44.5 Å². The smallest absolute Gasteiger partial charge is 0.0726 e. The average molecular weight is 726 g/mol. The summed E-state index contributed by atoms with van der Waals surface area (Å²) in [6, 6.07) is 75.0. The summed E-state index contributed by atoms with van der Waals surface area (Å²) in [6.45, 7) is 4.75. The first-order valence-corrected chi connectivity index (χ1v) is 20.1. The minimum atomic E-state index is -0.417. The second-order valence-electron chi connectivity index (χ2n) is 16.5. The molecule has 57 heavy (non-hydrogen) atoms. The quantitative estimate of drug-likeness (QED) is 0.175. The van der Waals surface area contributed by atoms with E-state index in [9.17, 15) is 0 Å². The van der Waals surface area contributed by atoms with Gasteiger partial charge in [-0.2, -0.15) is 0 Å². The Morgan fingerprint density at radius 1 is 0.298 bits per heavy atom. The van der Waals surface area contributed by atoms with Crippen molar-refractivity contribution in [2.45, 2.75) is 24.7 Å². The highest BCUT2D eigenvalue weighted by Gasteiger charge is 2.51. The predicted octanol–water partition coefficient (Wildman–Crippen LogP) is 14.6. The molecule has 0 aliphatic heterocycles. The Kier molecular flexibility index (Phi) is 6.67. The van der Waals surface area contributed by atoms with Crippen LogP contribution in [0.15, 0.2) is 200 Å². The molecule has 0 fully saturated rings. The van der Waals surface area contributed by atoms with Crippen LogP contribution in [0.3, 0.4) is 0 Å². The monoisotopic (exact) mass is 725 g/mol. The molecule has 12 rings (SSSR count). The van der Waals surface area contributed by atoms with Crippen LogP contribution < -0.4 is 4.90 Å². The van der Waals surface area contributed by atoms with Gasteiger partial charge in [-0.15, -0.1) is 0 Å². The second kappa shape index (κ2) is 11.8. The first kappa shape index (κ1) is 32.3. The van der Waals surface area contributed by atoms with Gasteiger partial charge in [0.1, 0.15) is 0 Å². The Labute approximate surface area is 334 Å². The number of anilines is 3. The molecule has 0 heterocycles. The molecule has 0 radical (unpaired) electrons. The number of rotatable bonds is 4. The summed E-state index contributed by atoms with van der Waals surface area (Å²) in [5.74, 6) is 0. The lowest BCUT2D eigenvalue weighted by Crippen LogP contribution is -2.26. The Hall–Kier alpha value is -6.96. The summed E-state index contributed by atoms with van der Waals surface area (Å²) < 4.78 is 0. The lowest BCUT2D eigenvalue weighted by Gasteiger charge is -2.32. The fourth-order valence-electron chi connectivity index (χ4n) is 10.7. The summed E-state index contributed by atoms with van der Waals surface area (Å²) in [4.78, 5) is 2.49. The van der Waals surface area contributed by atoms with Gasteiger partial charge >= 0.3 is 0 Å². The van der Waals surface area contributed by atoms with Crippen molar-refractivity contribution in [2.75, 3.05) is 4.90 Å². The summed E-state index contributed by atoms with van der Waals surface area (Å²) in [5, 5.41) is 2.45. The molecule has 0 saturated heterocycles. The first-order valence-electron chi connectivity index (χ1n) is 20.1. The first-order chi connectivity index (χ1) is 28.0. The third kappa shape index (κ3) is 4.40. The maximum atomic E-state index is 2.50. The van der Waals surface area contributed by atoms with Crippen LogP contribution in [0, 0.1) is 0 Å². The van der Waals surface area contributed by atoms with Crippen LogP contribution in [-0.4, -0.2) is 0 Å². The second-order valence-corrected chi connectivity index (χ2v) is 16.5. The van der Waals surface area contributed by atoms with E-state index in [1.54, 1.807) is 0 Å². The van der Waals surface area contributed by atoms with Crippen LogP contribution >= 0.6 is 0 Å². The maximum Gasteiger partial charge on any atom is 0.0726 e. The highest BCUT2D eigenvalue weighted by Crippen LogP contribution is 2.63. The normalized spacial score (nSPS) is 14.4. The lowest BCUT2D eigenvalue weighted by atomic mass is 9.70. The van der Waals surface area contributed by atoms with E-state index >= 15 is 0 Å². The van der Waals surface area contributed by atoms with Gasteiger partial charge in [0, 0.05) is 22.5 Å². The van der Waals surface area contributed by atoms with Crippen molar-refractivity contribution in [1.82, 2.24) is 0 Å². The molecule has 0 bridgehead atoms. The maximum absolute atomic E-state index is 2.50. The number of fused-ring (bicyclic) bond motifs is 14. The van der Waals surface area contributed by atoms with Gasteiger partial charge in [0.25, 0.3) is 0 Å². The SMILES string of the molecule is CC1(C)c2ccccc2-c2ccc(N(c3ccc4c(c3)C3(c5ccccc5-c5ccccc53)c3ccccc3-4)c3ccc4cc(-c5ccccc5)ccc4c3)cc21. The summed E-state index contributed by atoms with van der Waals surface area (Å²) in [7, 11) is 0. The molecule has 9 aromatic rings. The van der Waals surface area contributed by atoms with Gasteiger partial charge in [0.15, 0.2) is 0 Å². The van der Waals surface area contributed by atoms with Crippen LogP contribution in [0.2, 0.25) is 0 Å². The van der Waals surface area contributed by atoms with Crippen LogP contribution in [-0.2, 0) is 10.8 Å². The lowest BCUT2D eigenvalue weighted by molar-refractivity contribution is 0.660. The fraction of sp³-hybridized carbons (Fsp3) is 0.0714. The van der Waals surface area contributed by atoms with E-state index < -0.39 is 5.41 Å². The largest absolute Gasteiger partial charge is 0.310 e. The van der Waals surface area contributed by atoms with Crippen LogP contribution in [0.5, 0.6) is 0 Å². The highest BCUT2D eigenvalue weighted by molar-refractivity contribution is 5.98. The molecule has 1 spiro atoms. The molecule has 268 valence electrons. The van der Waals surface area contributed by atoms with E-state index in [2.05, 4.69) is 219 Å². The van der Waals surface area contributed by atoms with Crippen LogP contribution in [0.4, 0.5) is 17.1 Å². The number of hydrogen-bond acceptors (Lipinski definition) is 1. The molecule has 0 unspecified atom stereocenters. The predicted molar refractivity (Wildman–Crippen MR) is 238 cm³/mol. The molecule has 3 aliphatic carbocycles. The molecular weight excluding hydrogens is 687 g/mol. The molecule has 0 saturated carbocycles. The summed E-state index contributed by atoms with van der Waals surface area (Å²) in [5.41, 5.74) is 21.5. The Morgan fingerprint density at radius 2 is 0.719 bits per heavy atom. The van der Waals surface area contributed by atoms with Gasteiger partial charge in [-0.1, -0.05) is 172 Å². The Morgan fingerprint density at radius 3 is 1.33 bits per heavy atom.